The lowest BCUT2D eigenvalue weighted by Crippen LogP contribution is -2.08. The fourth-order valence-corrected chi connectivity index (χ4v) is 3.17. The predicted molar refractivity (Wildman–Crippen MR) is 114 cm³/mol. The largest absolute Gasteiger partial charge is 0.497 e. The number of hydrogen-bond donors (Lipinski definition) is 0. The van der Waals surface area contributed by atoms with Gasteiger partial charge in [0.25, 0.3) is 0 Å². The number of Topliss-reactive ketones (excluding diaryl/α,β-unsaturated/α-hetero) is 1. The Balaban J connectivity index is 1.76. The molecule has 0 N–H and O–H groups in total. The molecule has 0 radical (unpaired) electrons. The molecule has 0 aromatic heterocycles. The van der Waals surface area contributed by atoms with Gasteiger partial charge in [0.1, 0.15) is 17.3 Å². The standard InChI is InChI=1S/C25H26O4/c1-27-18-29-25-15-11-21(20-9-13-24(28-2)14-10-20)16-22(25)17-23(26)12-8-19-6-4-3-5-7-19/h3-7,9-11,13-16H,8,12,17-18H2,1-2H3. The first-order valence-electron chi connectivity index (χ1n) is 9.64. The van der Waals surface area contributed by atoms with Crippen LogP contribution in [0, 0.1) is 0 Å². The van der Waals surface area contributed by atoms with Crippen molar-refractivity contribution < 1.29 is 19.0 Å². The maximum absolute atomic E-state index is 12.6. The highest BCUT2D eigenvalue weighted by Crippen LogP contribution is 2.29. The van der Waals surface area contributed by atoms with Gasteiger partial charge < -0.3 is 14.2 Å². The molecule has 3 aromatic rings. The number of ether oxygens (including phenoxy) is 3. The smallest absolute Gasteiger partial charge is 0.188 e. The highest BCUT2D eigenvalue weighted by Gasteiger charge is 2.12. The quantitative estimate of drug-likeness (QED) is 0.452. The van der Waals surface area contributed by atoms with E-state index in [9.17, 15) is 4.79 Å². The van der Waals surface area contributed by atoms with Crippen LogP contribution in [0.3, 0.4) is 0 Å². The number of rotatable bonds is 10. The highest BCUT2D eigenvalue weighted by atomic mass is 16.7. The molecule has 4 heteroatoms. The molecule has 0 saturated heterocycles. The van der Waals surface area contributed by atoms with E-state index in [1.54, 1.807) is 14.2 Å². The number of methoxy groups -OCH3 is 2. The summed E-state index contributed by atoms with van der Waals surface area (Å²) >= 11 is 0. The second kappa shape index (κ2) is 10.4. The third-order valence-corrected chi connectivity index (χ3v) is 4.74. The van der Waals surface area contributed by atoms with Gasteiger partial charge >= 0.3 is 0 Å². The first-order valence-corrected chi connectivity index (χ1v) is 9.64. The highest BCUT2D eigenvalue weighted by molar-refractivity contribution is 5.82. The molecule has 0 fully saturated rings. The van der Waals surface area contributed by atoms with E-state index in [0.29, 0.717) is 18.6 Å². The number of aryl methyl sites for hydroxylation is 1. The van der Waals surface area contributed by atoms with Crippen molar-refractivity contribution in [2.24, 2.45) is 0 Å². The number of carbonyl (C=O) groups excluding carboxylic acids is 1. The average molecular weight is 390 g/mol. The fourth-order valence-electron chi connectivity index (χ4n) is 3.17. The Morgan fingerprint density at radius 1 is 0.862 bits per heavy atom. The van der Waals surface area contributed by atoms with Crippen LogP contribution in [-0.2, 0) is 22.4 Å². The first-order chi connectivity index (χ1) is 14.2. The molecular formula is C25H26O4. The van der Waals surface area contributed by atoms with Crippen LogP contribution in [0.4, 0.5) is 0 Å². The number of benzene rings is 3. The Hall–Kier alpha value is -3.11. The van der Waals surface area contributed by atoms with Gasteiger partial charge in [-0.2, -0.15) is 0 Å². The molecule has 0 saturated carbocycles. The minimum absolute atomic E-state index is 0.146. The molecule has 4 nitrogen and oxygen atoms in total. The zero-order valence-electron chi connectivity index (χ0n) is 16.9. The van der Waals surface area contributed by atoms with Crippen molar-refractivity contribution in [3.8, 4) is 22.6 Å². The molecule has 3 aromatic carbocycles. The molecule has 150 valence electrons. The maximum Gasteiger partial charge on any atom is 0.188 e. The third kappa shape index (κ3) is 5.93. The lowest BCUT2D eigenvalue weighted by Gasteiger charge is -2.13. The van der Waals surface area contributed by atoms with Gasteiger partial charge in [0.2, 0.25) is 0 Å². The van der Waals surface area contributed by atoms with E-state index in [0.717, 1.165) is 28.9 Å². The van der Waals surface area contributed by atoms with Crippen LogP contribution in [0.1, 0.15) is 17.5 Å². The van der Waals surface area contributed by atoms with Crippen LogP contribution in [0.15, 0.2) is 72.8 Å². The molecule has 0 amide bonds. The predicted octanol–water partition coefficient (Wildman–Crippen LogP) is 5.09. The van der Waals surface area contributed by atoms with Crippen molar-refractivity contribution in [3.63, 3.8) is 0 Å². The average Bonchev–Trinajstić information content (AvgIpc) is 2.77. The number of carbonyl (C=O) groups is 1. The van der Waals surface area contributed by atoms with E-state index in [1.165, 1.54) is 5.56 Å². The maximum atomic E-state index is 12.6. The van der Waals surface area contributed by atoms with Gasteiger partial charge in [-0.15, -0.1) is 0 Å². The van der Waals surface area contributed by atoms with Gasteiger partial charge in [-0.25, -0.2) is 0 Å². The van der Waals surface area contributed by atoms with Crippen molar-refractivity contribution in [1.29, 1.82) is 0 Å². The molecule has 0 spiro atoms. The molecule has 3 rings (SSSR count). The van der Waals surface area contributed by atoms with Crippen molar-refractivity contribution in [1.82, 2.24) is 0 Å². The summed E-state index contributed by atoms with van der Waals surface area (Å²) in [5, 5.41) is 0. The van der Waals surface area contributed by atoms with Crippen molar-refractivity contribution in [2.75, 3.05) is 21.0 Å². The van der Waals surface area contributed by atoms with Gasteiger partial charge in [-0.05, 0) is 47.4 Å². The van der Waals surface area contributed by atoms with Crippen LogP contribution in [0.5, 0.6) is 11.5 Å². The van der Waals surface area contributed by atoms with Gasteiger partial charge in [-0.1, -0.05) is 48.5 Å². The van der Waals surface area contributed by atoms with E-state index < -0.39 is 0 Å². The van der Waals surface area contributed by atoms with E-state index >= 15 is 0 Å². The molecule has 0 unspecified atom stereocenters. The topological polar surface area (TPSA) is 44.8 Å². The second-order valence-electron chi connectivity index (χ2n) is 6.80. The van der Waals surface area contributed by atoms with Crippen LogP contribution >= 0.6 is 0 Å². The number of hydrogen-bond acceptors (Lipinski definition) is 4. The van der Waals surface area contributed by atoms with Crippen LogP contribution in [0.25, 0.3) is 11.1 Å². The van der Waals surface area contributed by atoms with Crippen molar-refractivity contribution in [3.05, 3.63) is 83.9 Å². The lowest BCUT2D eigenvalue weighted by molar-refractivity contribution is -0.118. The molecule has 0 atom stereocenters. The molecule has 29 heavy (non-hydrogen) atoms. The monoisotopic (exact) mass is 390 g/mol. The fraction of sp³-hybridized carbons (Fsp3) is 0.240. The molecule has 0 heterocycles. The van der Waals surface area contributed by atoms with Crippen LogP contribution < -0.4 is 9.47 Å². The van der Waals surface area contributed by atoms with Gasteiger partial charge in [0, 0.05) is 25.5 Å². The molecule has 0 aliphatic heterocycles. The minimum Gasteiger partial charge on any atom is -0.497 e. The summed E-state index contributed by atoms with van der Waals surface area (Å²) < 4.78 is 15.9. The first kappa shape index (κ1) is 20.6. The summed E-state index contributed by atoms with van der Waals surface area (Å²) in [7, 11) is 3.23. The zero-order valence-corrected chi connectivity index (χ0v) is 16.9. The van der Waals surface area contributed by atoms with Gasteiger partial charge in [0.15, 0.2) is 6.79 Å². The van der Waals surface area contributed by atoms with Gasteiger partial charge in [0.05, 0.1) is 7.11 Å². The molecule has 0 aliphatic rings. The summed E-state index contributed by atoms with van der Waals surface area (Å²) in [5.74, 6) is 1.67. The van der Waals surface area contributed by atoms with Crippen molar-refractivity contribution in [2.45, 2.75) is 19.3 Å². The minimum atomic E-state index is 0.146. The number of ketones is 1. The van der Waals surface area contributed by atoms with Crippen molar-refractivity contribution >= 4 is 5.78 Å². The second-order valence-corrected chi connectivity index (χ2v) is 6.80. The summed E-state index contributed by atoms with van der Waals surface area (Å²) in [6.07, 6.45) is 1.57. The summed E-state index contributed by atoms with van der Waals surface area (Å²) in [6, 6.07) is 23.8. The van der Waals surface area contributed by atoms with E-state index in [-0.39, 0.29) is 12.6 Å². The van der Waals surface area contributed by atoms with Crippen LogP contribution in [-0.4, -0.2) is 26.8 Å². The van der Waals surface area contributed by atoms with Crippen LogP contribution in [0.2, 0.25) is 0 Å². The third-order valence-electron chi connectivity index (χ3n) is 4.74. The van der Waals surface area contributed by atoms with E-state index in [4.69, 9.17) is 14.2 Å². The molecular weight excluding hydrogens is 364 g/mol. The van der Waals surface area contributed by atoms with Gasteiger partial charge in [-0.3, -0.25) is 4.79 Å². The Kier molecular flexibility index (Phi) is 7.42. The SMILES string of the molecule is COCOc1ccc(-c2ccc(OC)cc2)cc1CC(=O)CCc1ccccc1. The lowest BCUT2D eigenvalue weighted by atomic mass is 9.97. The van der Waals surface area contributed by atoms with E-state index in [2.05, 4.69) is 0 Å². The molecule has 0 bridgehead atoms. The molecule has 0 aliphatic carbocycles. The summed E-state index contributed by atoms with van der Waals surface area (Å²) in [4.78, 5) is 12.6. The Bertz CT molecular complexity index is 917. The van der Waals surface area contributed by atoms with E-state index in [1.807, 2.05) is 72.8 Å². The Labute approximate surface area is 172 Å². The Morgan fingerprint density at radius 3 is 2.28 bits per heavy atom. The normalized spacial score (nSPS) is 10.6. The zero-order chi connectivity index (χ0) is 20.5. The summed E-state index contributed by atoms with van der Waals surface area (Å²) in [6.45, 7) is 0.146. The Morgan fingerprint density at radius 2 is 1.59 bits per heavy atom. The summed E-state index contributed by atoms with van der Waals surface area (Å²) in [5.41, 5.74) is 4.13.